The number of rotatable bonds is 0. The molecule has 1 heterocycles. The van der Waals surface area contributed by atoms with Gasteiger partial charge in [0.05, 0.1) is 13.2 Å². The van der Waals surface area contributed by atoms with Crippen molar-refractivity contribution in [1.82, 2.24) is 9.80 Å². The minimum Gasteiger partial charge on any atom is -0.378 e. The van der Waals surface area contributed by atoms with Gasteiger partial charge >= 0.3 is 0 Å². The van der Waals surface area contributed by atoms with Gasteiger partial charge in [0.2, 0.25) is 17.9 Å². The van der Waals surface area contributed by atoms with Crippen molar-refractivity contribution in [2.24, 2.45) is 11.5 Å². The molecule has 9 heteroatoms. The van der Waals surface area contributed by atoms with E-state index in [4.69, 9.17) is 32.4 Å². The van der Waals surface area contributed by atoms with Crippen LogP contribution in [0.4, 0.5) is 0 Å². The smallest absolute Gasteiger partial charge is 0.207 e. The SMILES string of the molecule is Cl.N=C(N)N(C(=N)N)C(=N)N1CCOCC1. The van der Waals surface area contributed by atoms with E-state index in [1.54, 1.807) is 4.90 Å². The molecule has 92 valence electrons. The Bertz CT molecular complexity index is 274. The van der Waals surface area contributed by atoms with Gasteiger partial charge in [0.25, 0.3) is 0 Å². The molecule has 0 unspecified atom stereocenters. The Morgan fingerprint density at radius 3 is 1.88 bits per heavy atom. The number of hydrogen-bond donors (Lipinski definition) is 5. The monoisotopic (exact) mass is 249 g/mol. The van der Waals surface area contributed by atoms with Crippen LogP contribution >= 0.6 is 12.4 Å². The molecule has 0 spiro atoms. The second kappa shape index (κ2) is 6.13. The lowest BCUT2D eigenvalue weighted by Crippen LogP contribution is -2.56. The summed E-state index contributed by atoms with van der Waals surface area (Å²) in [5.74, 6) is -0.920. The number of nitrogens with one attached hydrogen (secondary N) is 3. The molecular formula is C7H16ClN7O. The minimum absolute atomic E-state index is 0. The van der Waals surface area contributed by atoms with Crippen LogP contribution in [-0.2, 0) is 4.74 Å². The van der Waals surface area contributed by atoms with Crippen LogP contribution in [-0.4, -0.2) is 54.0 Å². The Labute approximate surface area is 99.4 Å². The van der Waals surface area contributed by atoms with Crippen molar-refractivity contribution in [3.8, 4) is 0 Å². The fourth-order valence-electron chi connectivity index (χ4n) is 1.27. The summed E-state index contributed by atoms with van der Waals surface area (Å²) in [6, 6.07) is 0. The zero-order chi connectivity index (χ0) is 11.4. The van der Waals surface area contributed by atoms with Crippen molar-refractivity contribution in [3.63, 3.8) is 0 Å². The van der Waals surface area contributed by atoms with Crippen LogP contribution in [0.25, 0.3) is 0 Å². The van der Waals surface area contributed by atoms with Crippen LogP contribution in [0.5, 0.6) is 0 Å². The minimum atomic E-state index is -0.431. The molecule has 0 bridgehead atoms. The van der Waals surface area contributed by atoms with E-state index in [0.717, 1.165) is 4.90 Å². The van der Waals surface area contributed by atoms with E-state index in [1.807, 2.05) is 0 Å². The summed E-state index contributed by atoms with van der Waals surface area (Å²) in [6.45, 7) is 2.11. The summed E-state index contributed by atoms with van der Waals surface area (Å²) in [5.41, 5.74) is 10.5. The largest absolute Gasteiger partial charge is 0.378 e. The average molecular weight is 250 g/mol. The molecule has 1 aliphatic heterocycles. The fraction of sp³-hybridized carbons (Fsp3) is 0.571. The van der Waals surface area contributed by atoms with E-state index in [9.17, 15) is 0 Å². The third-order valence-electron chi connectivity index (χ3n) is 2.00. The van der Waals surface area contributed by atoms with Gasteiger partial charge in [-0.1, -0.05) is 0 Å². The van der Waals surface area contributed by atoms with Gasteiger partial charge in [-0.2, -0.15) is 0 Å². The molecule has 0 amide bonds. The summed E-state index contributed by atoms with van der Waals surface area (Å²) in [4.78, 5) is 2.53. The van der Waals surface area contributed by atoms with Crippen molar-refractivity contribution in [2.75, 3.05) is 26.3 Å². The van der Waals surface area contributed by atoms with Crippen LogP contribution < -0.4 is 11.5 Å². The first-order valence-corrected chi connectivity index (χ1v) is 4.43. The Morgan fingerprint density at radius 2 is 1.50 bits per heavy atom. The molecule has 7 N–H and O–H groups in total. The second-order valence-electron chi connectivity index (χ2n) is 3.03. The van der Waals surface area contributed by atoms with E-state index < -0.39 is 11.9 Å². The van der Waals surface area contributed by atoms with Crippen LogP contribution in [0, 0.1) is 16.2 Å². The van der Waals surface area contributed by atoms with E-state index in [0.29, 0.717) is 26.3 Å². The standard InChI is InChI=1S/C7H15N7O.ClH/c8-5(9)14(6(10)11)7(12)13-1-3-15-4-2-13;/h12H,1-4H2,(H3,8,9)(H3,10,11);1H. The van der Waals surface area contributed by atoms with Crippen LogP contribution in [0.15, 0.2) is 0 Å². The van der Waals surface area contributed by atoms with E-state index in [1.165, 1.54) is 0 Å². The highest BCUT2D eigenvalue weighted by molar-refractivity contribution is 6.10. The Hall–Kier alpha value is -1.54. The first kappa shape index (κ1) is 14.5. The second-order valence-corrected chi connectivity index (χ2v) is 3.03. The number of halogens is 1. The molecule has 0 atom stereocenters. The van der Waals surface area contributed by atoms with Crippen molar-refractivity contribution in [3.05, 3.63) is 0 Å². The van der Waals surface area contributed by atoms with E-state index >= 15 is 0 Å². The fourth-order valence-corrected chi connectivity index (χ4v) is 1.27. The highest BCUT2D eigenvalue weighted by atomic mass is 35.5. The molecule has 8 nitrogen and oxygen atoms in total. The highest BCUT2D eigenvalue weighted by Gasteiger charge is 2.23. The lowest BCUT2D eigenvalue weighted by Gasteiger charge is -2.33. The molecular weight excluding hydrogens is 234 g/mol. The van der Waals surface area contributed by atoms with E-state index in [2.05, 4.69) is 0 Å². The van der Waals surface area contributed by atoms with Crippen molar-refractivity contribution in [1.29, 1.82) is 16.2 Å². The zero-order valence-electron chi connectivity index (χ0n) is 8.69. The molecule has 0 aliphatic carbocycles. The van der Waals surface area contributed by atoms with E-state index in [-0.39, 0.29) is 18.4 Å². The number of nitrogens with zero attached hydrogens (tertiary/aromatic N) is 2. The predicted octanol–water partition coefficient (Wildman–Crippen LogP) is -1.24. The summed E-state index contributed by atoms with van der Waals surface area (Å²) < 4.78 is 5.12. The third-order valence-corrected chi connectivity index (χ3v) is 2.00. The molecule has 16 heavy (non-hydrogen) atoms. The lowest BCUT2D eigenvalue weighted by atomic mass is 10.4. The number of morpholine rings is 1. The van der Waals surface area contributed by atoms with Gasteiger partial charge < -0.3 is 21.1 Å². The normalized spacial score (nSPS) is 14.9. The zero-order valence-corrected chi connectivity index (χ0v) is 9.51. The predicted molar refractivity (Wildman–Crippen MR) is 63.0 cm³/mol. The lowest BCUT2D eigenvalue weighted by molar-refractivity contribution is 0.0650. The van der Waals surface area contributed by atoms with Gasteiger partial charge in [0.15, 0.2) is 0 Å². The molecule has 0 aromatic carbocycles. The van der Waals surface area contributed by atoms with Gasteiger partial charge in [-0.3, -0.25) is 16.2 Å². The first-order valence-electron chi connectivity index (χ1n) is 4.43. The van der Waals surface area contributed by atoms with Gasteiger partial charge in [-0.15, -0.1) is 12.4 Å². The molecule has 0 aromatic rings. The van der Waals surface area contributed by atoms with Crippen LogP contribution in [0.1, 0.15) is 0 Å². The number of ether oxygens (including phenoxy) is 1. The molecule has 1 aliphatic rings. The molecule has 0 radical (unpaired) electrons. The molecule has 1 saturated heterocycles. The van der Waals surface area contributed by atoms with Crippen molar-refractivity contribution in [2.45, 2.75) is 0 Å². The maximum Gasteiger partial charge on any atom is 0.207 e. The number of nitrogens with two attached hydrogens (primary N) is 2. The topological polar surface area (TPSA) is 139 Å². The molecule has 1 rings (SSSR count). The molecule has 0 aromatic heterocycles. The van der Waals surface area contributed by atoms with Crippen LogP contribution in [0.3, 0.4) is 0 Å². The first-order chi connectivity index (χ1) is 7.04. The molecule has 1 fully saturated rings. The summed E-state index contributed by atoms with van der Waals surface area (Å²) in [6.07, 6.45) is 0. The highest BCUT2D eigenvalue weighted by Crippen LogP contribution is 2.01. The summed E-state index contributed by atoms with van der Waals surface area (Å²) in [7, 11) is 0. The number of hydrogen-bond acceptors (Lipinski definition) is 4. The third kappa shape index (κ3) is 3.24. The van der Waals surface area contributed by atoms with Gasteiger partial charge in [0.1, 0.15) is 0 Å². The van der Waals surface area contributed by atoms with Crippen molar-refractivity contribution >= 4 is 30.3 Å². The quantitative estimate of drug-likeness (QED) is 0.270. The van der Waals surface area contributed by atoms with Gasteiger partial charge in [-0.25, -0.2) is 4.90 Å². The Morgan fingerprint density at radius 1 is 1.06 bits per heavy atom. The Kier molecular flexibility index (Phi) is 5.54. The van der Waals surface area contributed by atoms with Crippen molar-refractivity contribution < 1.29 is 4.74 Å². The number of guanidine groups is 3. The maximum atomic E-state index is 7.76. The van der Waals surface area contributed by atoms with Gasteiger partial charge in [0, 0.05) is 13.1 Å². The Balaban J connectivity index is 0.00000225. The average Bonchev–Trinajstić information content (AvgIpc) is 2.18. The maximum absolute atomic E-state index is 7.76. The van der Waals surface area contributed by atoms with Crippen LogP contribution in [0.2, 0.25) is 0 Å². The summed E-state index contributed by atoms with van der Waals surface area (Å²) in [5, 5.41) is 22.2. The van der Waals surface area contributed by atoms with Gasteiger partial charge in [-0.05, 0) is 0 Å². The molecule has 0 saturated carbocycles. The summed E-state index contributed by atoms with van der Waals surface area (Å²) >= 11 is 0.